The second-order valence-electron chi connectivity index (χ2n) is 5.36. The van der Waals surface area contributed by atoms with Crippen LogP contribution in [0.2, 0.25) is 0 Å². The molecular formula is C12H20ClNO. The molecular weight excluding hydrogens is 210 g/mol. The molecule has 2 aliphatic carbocycles. The fourth-order valence-electron chi connectivity index (χ4n) is 3.85. The monoisotopic (exact) mass is 229 g/mol. The molecule has 2 saturated carbocycles. The summed E-state index contributed by atoms with van der Waals surface area (Å²) in [4.78, 5) is 2.65. The van der Waals surface area contributed by atoms with Crippen LogP contribution >= 0.6 is 11.6 Å². The van der Waals surface area contributed by atoms with Gasteiger partial charge in [-0.15, -0.1) is 11.6 Å². The van der Waals surface area contributed by atoms with Crippen LogP contribution in [0.3, 0.4) is 0 Å². The lowest BCUT2D eigenvalue weighted by Crippen LogP contribution is -2.53. The van der Waals surface area contributed by atoms with Crippen LogP contribution in [0.5, 0.6) is 0 Å². The first-order valence-corrected chi connectivity index (χ1v) is 6.81. The predicted molar refractivity (Wildman–Crippen MR) is 61.3 cm³/mol. The van der Waals surface area contributed by atoms with Crippen molar-refractivity contribution in [1.82, 2.24) is 4.90 Å². The van der Waals surface area contributed by atoms with Gasteiger partial charge in [-0.05, 0) is 31.1 Å². The summed E-state index contributed by atoms with van der Waals surface area (Å²) in [5, 5.41) is 0. The van der Waals surface area contributed by atoms with Crippen LogP contribution in [-0.2, 0) is 4.74 Å². The number of fused-ring (bicyclic) bond motifs is 2. The Morgan fingerprint density at radius 3 is 2.87 bits per heavy atom. The van der Waals surface area contributed by atoms with Crippen LogP contribution in [-0.4, -0.2) is 42.6 Å². The highest BCUT2D eigenvalue weighted by Gasteiger charge is 2.44. The minimum Gasteiger partial charge on any atom is -0.378 e. The molecule has 3 rings (SSSR count). The van der Waals surface area contributed by atoms with Crippen LogP contribution < -0.4 is 0 Å². The molecule has 3 aliphatic rings. The molecule has 1 heterocycles. The molecule has 3 fully saturated rings. The molecule has 15 heavy (non-hydrogen) atoms. The number of alkyl halides is 1. The third-order valence-electron chi connectivity index (χ3n) is 4.58. The van der Waals surface area contributed by atoms with E-state index in [0.717, 1.165) is 43.5 Å². The van der Waals surface area contributed by atoms with Crippen LogP contribution in [0, 0.1) is 11.8 Å². The van der Waals surface area contributed by atoms with Crippen molar-refractivity contribution in [3.8, 4) is 0 Å². The zero-order chi connectivity index (χ0) is 10.3. The van der Waals surface area contributed by atoms with Crippen LogP contribution in [0.15, 0.2) is 0 Å². The third-order valence-corrected chi connectivity index (χ3v) is 4.93. The fourth-order valence-corrected chi connectivity index (χ4v) is 4.12. The van der Waals surface area contributed by atoms with Gasteiger partial charge < -0.3 is 4.74 Å². The zero-order valence-corrected chi connectivity index (χ0v) is 9.96. The van der Waals surface area contributed by atoms with E-state index in [1.165, 1.54) is 25.7 Å². The Balaban J connectivity index is 1.69. The highest BCUT2D eigenvalue weighted by Crippen LogP contribution is 2.47. The molecule has 1 aliphatic heterocycles. The molecule has 4 atom stereocenters. The van der Waals surface area contributed by atoms with Gasteiger partial charge in [0.25, 0.3) is 0 Å². The zero-order valence-electron chi connectivity index (χ0n) is 9.20. The largest absolute Gasteiger partial charge is 0.378 e. The van der Waals surface area contributed by atoms with E-state index < -0.39 is 0 Å². The van der Waals surface area contributed by atoms with Crippen LogP contribution in [0.1, 0.15) is 25.7 Å². The molecule has 1 saturated heterocycles. The lowest BCUT2D eigenvalue weighted by Gasteiger charge is -2.42. The Bertz CT molecular complexity index is 236. The Labute approximate surface area is 96.9 Å². The van der Waals surface area contributed by atoms with Crippen molar-refractivity contribution in [2.75, 3.05) is 25.6 Å². The van der Waals surface area contributed by atoms with Crippen molar-refractivity contribution in [2.45, 2.75) is 37.8 Å². The number of rotatable bonds is 2. The van der Waals surface area contributed by atoms with E-state index in [0.29, 0.717) is 6.04 Å². The van der Waals surface area contributed by atoms with E-state index in [9.17, 15) is 0 Å². The van der Waals surface area contributed by atoms with E-state index in [4.69, 9.17) is 16.3 Å². The van der Waals surface area contributed by atoms with Crippen LogP contribution in [0.4, 0.5) is 0 Å². The Morgan fingerprint density at radius 2 is 2.20 bits per heavy atom. The smallest absolute Gasteiger partial charge is 0.0634 e. The van der Waals surface area contributed by atoms with Crippen molar-refractivity contribution in [1.29, 1.82) is 0 Å². The van der Waals surface area contributed by atoms with Gasteiger partial charge in [0.2, 0.25) is 0 Å². The second kappa shape index (κ2) is 4.23. The molecule has 0 aromatic heterocycles. The number of halogens is 1. The van der Waals surface area contributed by atoms with Gasteiger partial charge in [-0.25, -0.2) is 0 Å². The van der Waals surface area contributed by atoms with Gasteiger partial charge in [0.1, 0.15) is 0 Å². The summed E-state index contributed by atoms with van der Waals surface area (Å²) >= 11 is 6.03. The highest BCUT2D eigenvalue weighted by atomic mass is 35.5. The average Bonchev–Trinajstić information content (AvgIpc) is 2.90. The molecule has 86 valence electrons. The normalized spacial score (nSPS) is 46.2. The highest BCUT2D eigenvalue weighted by molar-refractivity contribution is 6.18. The number of hydrogen-bond donors (Lipinski definition) is 0. The van der Waals surface area contributed by atoms with E-state index in [-0.39, 0.29) is 0 Å². The maximum absolute atomic E-state index is 6.03. The minimum absolute atomic E-state index is 0.477. The summed E-state index contributed by atoms with van der Waals surface area (Å²) in [6, 6.07) is 1.31. The van der Waals surface area contributed by atoms with Crippen molar-refractivity contribution < 1.29 is 4.74 Å². The van der Waals surface area contributed by atoms with Crippen molar-refractivity contribution in [3.63, 3.8) is 0 Å². The number of ether oxygens (including phenoxy) is 1. The molecule has 2 nitrogen and oxygen atoms in total. The standard InChI is InChI=1S/C12H20ClNO/c13-7-11-8-15-4-3-14(11)12-6-9-1-2-10(12)5-9/h9-12H,1-8H2. The SMILES string of the molecule is ClCC1COCCN1C1CC2CCC1C2. The quantitative estimate of drug-likeness (QED) is 0.673. The molecule has 2 bridgehead atoms. The second-order valence-corrected chi connectivity index (χ2v) is 5.67. The van der Waals surface area contributed by atoms with Gasteiger partial charge in [0.05, 0.1) is 13.2 Å². The molecule has 0 aromatic rings. The summed E-state index contributed by atoms with van der Waals surface area (Å²) < 4.78 is 5.52. The topological polar surface area (TPSA) is 12.5 Å². The van der Waals surface area contributed by atoms with Crippen molar-refractivity contribution in [3.05, 3.63) is 0 Å². The molecule has 0 aromatic carbocycles. The fraction of sp³-hybridized carbons (Fsp3) is 1.00. The van der Waals surface area contributed by atoms with Crippen molar-refractivity contribution in [2.24, 2.45) is 11.8 Å². The summed E-state index contributed by atoms with van der Waals surface area (Å²) in [5.41, 5.74) is 0. The van der Waals surface area contributed by atoms with E-state index in [1.54, 1.807) is 0 Å². The molecule has 4 unspecified atom stereocenters. The molecule has 0 spiro atoms. The van der Waals surface area contributed by atoms with Gasteiger partial charge in [-0.3, -0.25) is 4.90 Å². The van der Waals surface area contributed by atoms with Gasteiger partial charge in [-0.2, -0.15) is 0 Å². The Hall–Kier alpha value is 0.210. The van der Waals surface area contributed by atoms with Gasteiger partial charge in [-0.1, -0.05) is 6.42 Å². The maximum atomic E-state index is 6.03. The number of nitrogens with zero attached hydrogens (tertiary/aromatic N) is 1. The first kappa shape index (κ1) is 10.4. The minimum atomic E-state index is 0.477. The van der Waals surface area contributed by atoms with Crippen molar-refractivity contribution >= 4 is 11.6 Å². The third kappa shape index (κ3) is 1.81. The molecule has 0 radical (unpaired) electrons. The summed E-state index contributed by atoms with van der Waals surface area (Å²) in [6.45, 7) is 2.85. The van der Waals surface area contributed by atoms with E-state index >= 15 is 0 Å². The first-order chi connectivity index (χ1) is 7.38. The van der Waals surface area contributed by atoms with Gasteiger partial charge in [0, 0.05) is 24.5 Å². The summed E-state index contributed by atoms with van der Waals surface area (Å²) in [7, 11) is 0. The predicted octanol–water partition coefficient (Wildman–Crippen LogP) is 2.11. The summed E-state index contributed by atoms with van der Waals surface area (Å²) in [5.74, 6) is 2.73. The van der Waals surface area contributed by atoms with Crippen LogP contribution in [0.25, 0.3) is 0 Å². The average molecular weight is 230 g/mol. The lowest BCUT2D eigenvalue weighted by molar-refractivity contribution is -0.0320. The lowest BCUT2D eigenvalue weighted by atomic mass is 9.93. The molecule has 3 heteroatoms. The number of hydrogen-bond acceptors (Lipinski definition) is 2. The summed E-state index contributed by atoms with van der Waals surface area (Å²) in [6.07, 6.45) is 5.85. The van der Waals surface area contributed by atoms with Gasteiger partial charge in [0.15, 0.2) is 0 Å². The van der Waals surface area contributed by atoms with Gasteiger partial charge >= 0.3 is 0 Å². The Morgan fingerprint density at radius 1 is 1.27 bits per heavy atom. The number of morpholine rings is 1. The van der Waals surface area contributed by atoms with E-state index in [1.807, 2.05) is 0 Å². The van der Waals surface area contributed by atoms with E-state index in [2.05, 4.69) is 4.90 Å². The maximum Gasteiger partial charge on any atom is 0.0634 e. The first-order valence-electron chi connectivity index (χ1n) is 6.28. The molecule has 0 N–H and O–H groups in total. The Kier molecular flexibility index (Phi) is 2.92. The molecule has 0 amide bonds.